The molecule has 3 aromatic carbocycles. The number of benzene rings is 3. The monoisotopic (exact) mass is 372 g/mol. The van der Waals surface area contributed by atoms with Crippen molar-refractivity contribution in [1.29, 1.82) is 0 Å². The number of rotatable bonds is 2. The maximum atomic E-state index is 6.17. The Kier molecular flexibility index (Phi) is 3.55. The van der Waals surface area contributed by atoms with Crippen LogP contribution in [0.2, 0.25) is 0 Å². The second-order valence-corrected chi connectivity index (χ2v) is 7.10. The van der Waals surface area contributed by atoms with Gasteiger partial charge in [-0.1, -0.05) is 37.3 Å². The molecule has 0 saturated heterocycles. The molecule has 6 heteroatoms. The fourth-order valence-corrected chi connectivity index (χ4v) is 4.16. The van der Waals surface area contributed by atoms with Gasteiger partial charge in [-0.05, 0) is 28.6 Å². The van der Waals surface area contributed by atoms with Crippen molar-refractivity contribution in [3.63, 3.8) is 0 Å². The first-order valence-corrected chi connectivity index (χ1v) is 9.17. The lowest BCUT2D eigenvalue weighted by atomic mass is 9.88. The molecule has 0 fully saturated rings. The van der Waals surface area contributed by atoms with Crippen molar-refractivity contribution in [2.24, 2.45) is 0 Å². The predicted octanol–water partition coefficient (Wildman–Crippen LogP) is 4.12. The molecule has 2 heterocycles. The highest BCUT2D eigenvalue weighted by atomic mass is 16.5. The van der Waals surface area contributed by atoms with Crippen LogP contribution in [0.3, 0.4) is 0 Å². The van der Waals surface area contributed by atoms with Crippen LogP contribution < -0.4 is 20.9 Å². The number of nitrogens with zero attached hydrogens (tertiary/aromatic N) is 2. The highest BCUT2D eigenvalue weighted by molar-refractivity contribution is 6.05. The highest BCUT2D eigenvalue weighted by Gasteiger charge is 2.29. The highest BCUT2D eigenvalue weighted by Crippen LogP contribution is 2.48. The minimum absolute atomic E-state index is 0.154. The minimum Gasteiger partial charge on any atom is -0.496 e. The number of nitrogens with two attached hydrogens (primary N) is 2. The summed E-state index contributed by atoms with van der Waals surface area (Å²) in [5.74, 6) is 2.34. The largest absolute Gasteiger partial charge is 0.496 e. The molecule has 0 aliphatic carbocycles. The van der Waals surface area contributed by atoms with Crippen LogP contribution in [-0.2, 0) is 0 Å². The summed E-state index contributed by atoms with van der Waals surface area (Å²) < 4.78 is 11.6. The molecule has 0 spiro atoms. The average Bonchev–Trinajstić information content (AvgIpc) is 3.07. The van der Waals surface area contributed by atoms with Crippen molar-refractivity contribution in [3.05, 3.63) is 48.0 Å². The van der Waals surface area contributed by atoms with E-state index in [9.17, 15) is 0 Å². The number of anilines is 2. The summed E-state index contributed by atoms with van der Waals surface area (Å²) >= 11 is 0. The van der Waals surface area contributed by atoms with E-state index in [0.717, 1.165) is 44.3 Å². The first-order chi connectivity index (χ1) is 13.6. The van der Waals surface area contributed by atoms with E-state index in [2.05, 4.69) is 35.1 Å². The summed E-state index contributed by atoms with van der Waals surface area (Å²) in [6.45, 7) is 2.75. The quantitative estimate of drug-likeness (QED) is 0.549. The molecule has 6 nitrogen and oxygen atoms in total. The molecule has 0 radical (unpaired) electrons. The SMILES string of the molecule is COc1ccc(-c2cc3nc(N)nc(N)c3c3c2C(C)CO3)c2ccccc12. The summed E-state index contributed by atoms with van der Waals surface area (Å²) in [6, 6.07) is 14.3. The number of hydrogen-bond donors (Lipinski definition) is 2. The lowest BCUT2D eigenvalue weighted by Gasteiger charge is -2.16. The zero-order valence-electron chi connectivity index (χ0n) is 15.7. The number of fused-ring (bicyclic) bond motifs is 4. The summed E-state index contributed by atoms with van der Waals surface area (Å²) in [5, 5.41) is 2.90. The van der Waals surface area contributed by atoms with Crippen LogP contribution in [0.4, 0.5) is 11.8 Å². The van der Waals surface area contributed by atoms with Crippen LogP contribution in [0.5, 0.6) is 11.5 Å². The van der Waals surface area contributed by atoms with Gasteiger partial charge in [-0.15, -0.1) is 0 Å². The van der Waals surface area contributed by atoms with Gasteiger partial charge < -0.3 is 20.9 Å². The maximum Gasteiger partial charge on any atom is 0.222 e. The van der Waals surface area contributed by atoms with Gasteiger partial charge in [0, 0.05) is 16.9 Å². The zero-order valence-corrected chi connectivity index (χ0v) is 15.7. The van der Waals surface area contributed by atoms with Gasteiger partial charge in [-0.2, -0.15) is 4.98 Å². The molecule has 0 bridgehead atoms. The molecule has 1 unspecified atom stereocenters. The Morgan fingerprint density at radius 2 is 1.82 bits per heavy atom. The van der Waals surface area contributed by atoms with Crippen LogP contribution in [0.15, 0.2) is 42.5 Å². The Labute approximate surface area is 162 Å². The third kappa shape index (κ3) is 2.27. The van der Waals surface area contributed by atoms with Crippen molar-refractivity contribution >= 4 is 33.4 Å². The molecule has 1 atom stereocenters. The van der Waals surface area contributed by atoms with Crippen LogP contribution in [0.1, 0.15) is 18.4 Å². The number of methoxy groups -OCH3 is 1. The molecule has 4 aromatic rings. The minimum atomic E-state index is 0.154. The fourth-order valence-electron chi connectivity index (χ4n) is 4.16. The Balaban J connectivity index is 1.91. The third-order valence-electron chi connectivity index (χ3n) is 5.39. The Bertz CT molecular complexity index is 1250. The normalized spacial score (nSPS) is 15.6. The average molecular weight is 372 g/mol. The molecule has 28 heavy (non-hydrogen) atoms. The Morgan fingerprint density at radius 3 is 2.61 bits per heavy atom. The van der Waals surface area contributed by atoms with Gasteiger partial charge in [0.05, 0.1) is 24.6 Å². The van der Waals surface area contributed by atoms with E-state index >= 15 is 0 Å². The molecular formula is C22H20N4O2. The van der Waals surface area contributed by atoms with Gasteiger partial charge in [-0.25, -0.2) is 4.98 Å². The van der Waals surface area contributed by atoms with Gasteiger partial charge in [0.15, 0.2) is 0 Å². The van der Waals surface area contributed by atoms with Gasteiger partial charge in [0.2, 0.25) is 5.95 Å². The molecular weight excluding hydrogens is 352 g/mol. The molecule has 5 rings (SSSR count). The third-order valence-corrected chi connectivity index (χ3v) is 5.39. The van der Waals surface area contributed by atoms with Gasteiger partial charge in [0.25, 0.3) is 0 Å². The van der Waals surface area contributed by atoms with E-state index in [1.807, 2.05) is 24.3 Å². The summed E-state index contributed by atoms with van der Waals surface area (Å²) in [7, 11) is 1.69. The first-order valence-electron chi connectivity index (χ1n) is 9.17. The van der Waals surface area contributed by atoms with Crippen molar-refractivity contribution in [2.75, 3.05) is 25.2 Å². The van der Waals surface area contributed by atoms with Crippen molar-refractivity contribution in [3.8, 4) is 22.6 Å². The summed E-state index contributed by atoms with van der Waals surface area (Å²) in [6.07, 6.45) is 0. The Hall–Kier alpha value is -3.54. The second-order valence-electron chi connectivity index (χ2n) is 7.10. The molecule has 1 aromatic heterocycles. The number of nitrogen functional groups attached to an aromatic ring is 2. The fraction of sp³-hybridized carbons (Fsp3) is 0.182. The van der Waals surface area contributed by atoms with Crippen molar-refractivity contribution < 1.29 is 9.47 Å². The number of hydrogen-bond acceptors (Lipinski definition) is 6. The molecule has 140 valence electrons. The molecule has 0 saturated carbocycles. The lowest BCUT2D eigenvalue weighted by Crippen LogP contribution is -2.02. The maximum absolute atomic E-state index is 6.17. The molecule has 1 aliphatic heterocycles. The van der Waals surface area contributed by atoms with E-state index in [4.69, 9.17) is 20.9 Å². The topological polar surface area (TPSA) is 96.3 Å². The van der Waals surface area contributed by atoms with E-state index in [-0.39, 0.29) is 11.9 Å². The van der Waals surface area contributed by atoms with E-state index in [1.165, 1.54) is 0 Å². The smallest absolute Gasteiger partial charge is 0.222 e. The Morgan fingerprint density at radius 1 is 1.04 bits per heavy atom. The van der Waals surface area contributed by atoms with Crippen molar-refractivity contribution in [1.82, 2.24) is 9.97 Å². The predicted molar refractivity (Wildman–Crippen MR) is 112 cm³/mol. The van der Waals surface area contributed by atoms with Crippen LogP contribution in [0, 0.1) is 0 Å². The first kappa shape index (κ1) is 16.6. The van der Waals surface area contributed by atoms with Crippen LogP contribution >= 0.6 is 0 Å². The number of aromatic nitrogens is 2. The second kappa shape index (κ2) is 5.99. The molecule has 1 aliphatic rings. The standard InChI is InChI=1S/C22H20N4O2/c1-11-10-28-20-18(11)15(9-16-19(20)21(23)26-22(24)25-16)13-7-8-17(27-2)14-6-4-3-5-12(13)14/h3-9,11H,10H2,1-2H3,(H4,23,24,25,26). The van der Waals surface area contributed by atoms with Crippen LogP contribution in [-0.4, -0.2) is 23.7 Å². The van der Waals surface area contributed by atoms with Crippen LogP contribution in [0.25, 0.3) is 32.8 Å². The summed E-state index contributed by atoms with van der Waals surface area (Å²) in [4.78, 5) is 8.55. The number of ether oxygens (including phenoxy) is 2. The summed E-state index contributed by atoms with van der Waals surface area (Å²) in [5.41, 5.74) is 16.0. The zero-order chi connectivity index (χ0) is 19.4. The van der Waals surface area contributed by atoms with E-state index in [1.54, 1.807) is 7.11 Å². The van der Waals surface area contributed by atoms with Crippen molar-refractivity contribution in [2.45, 2.75) is 12.8 Å². The molecule has 0 amide bonds. The van der Waals surface area contributed by atoms with Gasteiger partial charge in [0.1, 0.15) is 17.3 Å². The van der Waals surface area contributed by atoms with Gasteiger partial charge in [-0.3, -0.25) is 0 Å². The molecule has 4 N–H and O–H groups in total. The lowest BCUT2D eigenvalue weighted by molar-refractivity contribution is 0.340. The van der Waals surface area contributed by atoms with Gasteiger partial charge >= 0.3 is 0 Å². The van der Waals surface area contributed by atoms with E-state index < -0.39 is 0 Å². The van der Waals surface area contributed by atoms with E-state index in [0.29, 0.717) is 17.9 Å².